The van der Waals surface area contributed by atoms with E-state index in [0.717, 1.165) is 26.2 Å². The zero-order valence-electron chi connectivity index (χ0n) is 22.1. The maximum atomic E-state index is 13.2. The summed E-state index contributed by atoms with van der Waals surface area (Å²) in [6.45, 7) is 7.52. The molecular weight excluding hydrogens is 571 g/mol. The van der Waals surface area contributed by atoms with Gasteiger partial charge in [-0.3, -0.25) is 14.4 Å². The third kappa shape index (κ3) is 7.08. The molecule has 3 aromatic carbocycles. The lowest BCUT2D eigenvalue weighted by atomic mass is 10.2. The summed E-state index contributed by atoms with van der Waals surface area (Å²) >= 11 is 12.2. The number of hydrogen-bond donors (Lipinski definition) is 1. The highest BCUT2D eigenvalue weighted by atomic mass is 35.5. The summed E-state index contributed by atoms with van der Waals surface area (Å²) in [5.74, 6) is 0.532. The minimum Gasteiger partial charge on any atom is -0.454 e. The maximum absolute atomic E-state index is 13.2. The van der Waals surface area contributed by atoms with Gasteiger partial charge in [0, 0.05) is 49.9 Å². The number of amides is 1. The van der Waals surface area contributed by atoms with E-state index in [-0.39, 0.29) is 22.2 Å². The van der Waals surface area contributed by atoms with Crippen molar-refractivity contribution in [1.29, 1.82) is 0 Å². The average molecular weight is 604 g/mol. The standard InChI is InChI=1S/C29H32Cl2N4O4S/c30-23-9-12-27(25(31)21-23)39-28-6-2-1-5-26(28)32-40(37,38)24-10-7-22(8-11-24)29(36)35-19-17-34(18-20-35)16-15-33-13-3-4-14-33/h1-2,5-12,21,32H,3-4,13-20H2. The molecule has 5 rings (SSSR count). The Hall–Kier alpha value is -2.82. The fraction of sp³-hybridized carbons (Fsp3) is 0.345. The molecule has 3 aromatic rings. The highest BCUT2D eigenvalue weighted by Gasteiger charge is 2.24. The van der Waals surface area contributed by atoms with Crippen LogP contribution in [0.15, 0.2) is 71.6 Å². The van der Waals surface area contributed by atoms with Crippen LogP contribution in [0.25, 0.3) is 0 Å². The van der Waals surface area contributed by atoms with E-state index in [1.54, 1.807) is 54.6 Å². The Morgan fingerprint density at radius 3 is 2.12 bits per heavy atom. The molecule has 212 valence electrons. The van der Waals surface area contributed by atoms with Gasteiger partial charge in [-0.05, 0) is 80.5 Å². The first-order valence-electron chi connectivity index (χ1n) is 13.4. The Labute approximate surface area is 245 Å². The number of hydrogen-bond acceptors (Lipinski definition) is 6. The van der Waals surface area contributed by atoms with Crippen molar-refractivity contribution in [2.24, 2.45) is 0 Å². The second-order valence-corrected chi connectivity index (χ2v) is 12.5. The topological polar surface area (TPSA) is 82.2 Å². The van der Waals surface area contributed by atoms with Gasteiger partial charge in [-0.2, -0.15) is 0 Å². The van der Waals surface area contributed by atoms with Gasteiger partial charge < -0.3 is 14.5 Å². The van der Waals surface area contributed by atoms with Crippen LogP contribution in [0.5, 0.6) is 11.5 Å². The van der Waals surface area contributed by atoms with Crippen LogP contribution in [-0.4, -0.2) is 81.4 Å². The van der Waals surface area contributed by atoms with E-state index in [4.69, 9.17) is 27.9 Å². The molecule has 11 heteroatoms. The highest BCUT2D eigenvalue weighted by Crippen LogP contribution is 2.35. The van der Waals surface area contributed by atoms with Gasteiger partial charge >= 0.3 is 0 Å². The number of nitrogens with zero attached hydrogens (tertiary/aromatic N) is 3. The van der Waals surface area contributed by atoms with Crippen molar-refractivity contribution in [3.63, 3.8) is 0 Å². The van der Waals surface area contributed by atoms with Crippen LogP contribution in [0.3, 0.4) is 0 Å². The molecule has 2 saturated heterocycles. The van der Waals surface area contributed by atoms with Crippen LogP contribution in [0.1, 0.15) is 23.2 Å². The lowest BCUT2D eigenvalue weighted by molar-refractivity contribution is 0.0626. The minimum atomic E-state index is -3.95. The van der Waals surface area contributed by atoms with Crippen molar-refractivity contribution >= 4 is 44.8 Å². The second-order valence-electron chi connectivity index (χ2n) is 9.99. The van der Waals surface area contributed by atoms with Crippen LogP contribution in [0.4, 0.5) is 5.69 Å². The van der Waals surface area contributed by atoms with E-state index in [2.05, 4.69) is 14.5 Å². The number of anilines is 1. The molecule has 0 aliphatic carbocycles. The van der Waals surface area contributed by atoms with E-state index in [1.165, 1.54) is 38.1 Å². The van der Waals surface area contributed by atoms with Gasteiger partial charge in [0.1, 0.15) is 5.75 Å². The van der Waals surface area contributed by atoms with Crippen LogP contribution in [0, 0.1) is 0 Å². The SMILES string of the molecule is O=C(c1ccc(S(=O)(=O)Nc2ccccc2Oc2ccc(Cl)cc2Cl)cc1)N1CCN(CCN2CCCC2)CC1. The number of sulfonamides is 1. The summed E-state index contributed by atoms with van der Waals surface area (Å²) in [4.78, 5) is 19.9. The van der Waals surface area contributed by atoms with Crippen molar-refractivity contribution in [3.8, 4) is 11.5 Å². The Morgan fingerprint density at radius 2 is 1.45 bits per heavy atom. The lowest BCUT2D eigenvalue weighted by Gasteiger charge is -2.35. The molecular formula is C29H32Cl2N4O4S. The molecule has 2 fully saturated rings. The van der Waals surface area contributed by atoms with Crippen molar-refractivity contribution < 1.29 is 17.9 Å². The molecule has 0 spiro atoms. The van der Waals surface area contributed by atoms with E-state index in [0.29, 0.717) is 34.4 Å². The Kier molecular flexibility index (Phi) is 9.17. The third-order valence-electron chi connectivity index (χ3n) is 7.25. The summed E-state index contributed by atoms with van der Waals surface area (Å²) in [7, 11) is -3.95. The van der Waals surface area contributed by atoms with Crippen LogP contribution in [-0.2, 0) is 10.0 Å². The van der Waals surface area contributed by atoms with Crippen LogP contribution in [0.2, 0.25) is 10.0 Å². The molecule has 40 heavy (non-hydrogen) atoms. The van der Waals surface area contributed by atoms with Crippen molar-refractivity contribution in [1.82, 2.24) is 14.7 Å². The van der Waals surface area contributed by atoms with Crippen molar-refractivity contribution in [3.05, 3.63) is 82.3 Å². The summed E-state index contributed by atoms with van der Waals surface area (Å²) < 4.78 is 34.8. The molecule has 8 nitrogen and oxygen atoms in total. The van der Waals surface area contributed by atoms with E-state index < -0.39 is 10.0 Å². The number of carbonyl (C=O) groups excluding carboxylic acids is 1. The number of rotatable bonds is 9. The smallest absolute Gasteiger partial charge is 0.262 e. The van der Waals surface area contributed by atoms with Gasteiger partial charge in [0.05, 0.1) is 15.6 Å². The van der Waals surface area contributed by atoms with E-state index in [1.807, 2.05) is 4.90 Å². The lowest BCUT2D eigenvalue weighted by Crippen LogP contribution is -2.50. The fourth-order valence-corrected chi connectivity index (χ4v) is 6.46. The summed E-state index contributed by atoms with van der Waals surface area (Å²) in [5.41, 5.74) is 0.710. The number of halogens is 2. The normalized spacial score (nSPS) is 16.7. The average Bonchev–Trinajstić information content (AvgIpc) is 3.48. The predicted molar refractivity (Wildman–Crippen MR) is 158 cm³/mol. The molecule has 2 heterocycles. The van der Waals surface area contributed by atoms with Crippen molar-refractivity contribution in [2.45, 2.75) is 17.7 Å². The number of piperazine rings is 1. The number of likely N-dealkylation sites (tertiary alicyclic amines) is 1. The van der Waals surface area contributed by atoms with E-state index >= 15 is 0 Å². The molecule has 0 radical (unpaired) electrons. The number of ether oxygens (including phenoxy) is 1. The van der Waals surface area contributed by atoms with Gasteiger partial charge in [-0.15, -0.1) is 0 Å². The van der Waals surface area contributed by atoms with Gasteiger partial charge in [0.15, 0.2) is 5.75 Å². The fourth-order valence-electron chi connectivity index (χ4n) is 4.94. The summed E-state index contributed by atoms with van der Waals surface area (Å²) in [5, 5.41) is 0.761. The molecule has 0 saturated carbocycles. The van der Waals surface area contributed by atoms with Gasteiger partial charge in [-0.25, -0.2) is 8.42 Å². The molecule has 2 aliphatic heterocycles. The van der Waals surface area contributed by atoms with Gasteiger partial charge in [0.25, 0.3) is 15.9 Å². The Bertz CT molecular complexity index is 1440. The zero-order chi connectivity index (χ0) is 28.1. The molecule has 1 amide bonds. The highest BCUT2D eigenvalue weighted by molar-refractivity contribution is 7.92. The molecule has 1 N–H and O–H groups in total. The van der Waals surface area contributed by atoms with Crippen LogP contribution >= 0.6 is 23.2 Å². The van der Waals surface area contributed by atoms with E-state index in [9.17, 15) is 13.2 Å². The predicted octanol–water partition coefficient (Wildman–Crippen LogP) is 5.44. The Morgan fingerprint density at radius 1 is 0.800 bits per heavy atom. The summed E-state index contributed by atoms with van der Waals surface area (Å²) in [6.07, 6.45) is 2.58. The summed E-state index contributed by atoms with van der Waals surface area (Å²) in [6, 6.07) is 17.5. The monoisotopic (exact) mass is 602 g/mol. The first kappa shape index (κ1) is 28.7. The maximum Gasteiger partial charge on any atom is 0.262 e. The second kappa shape index (κ2) is 12.8. The zero-order valence-corrected chi connectivity index (χ0v) is 24.4. The number of carbonyl (C=O) groups is 1. The number of nitrogens with one attached hydrogen (secondary N) is 1. The molecule has 0 unspecified atom stereocenters. The quantitative estimate of drug-likeness (QED) is 0.351. The molecule has 0 aromatic heterocycles. The number of benzene rings is 3. The third-order valence-corrected chi connectivity index (χ3v) is 9.16. The molecule has 0 atom stereocenters. The Balaban J connectivity index is 1.19. The van der Waals surface area contributed by atoms with Crippen molar-refractivity contribution in [2.75, 3.05) is 57.1 Å². The van der Waals surface area contributed by atoms with Gasteiger partial charge in [-0.1, -0.05) is 35.3 Å². The molecule has 2 aliphatic rings. The number of para-hydroxylation sites is 2. The first-order chi connectivity index (χ1) is 19.3. The van der Waals surface area contributed by atoms with Gasteiger partial charge in [0.2, 0.25) is 0 Å². The van der Waals surface area contributed by atoms with Crippen LogP contribution < -0.4 is 9.46 Å². The molecule has 0 bridgehead atoms. The first-order valence-corrected chi connectivity index (χ1v) is 15.6. The minimum absolute atomic E-state index is 0.0371. The largest absolute Gasteiger partial charge is 0.454 e.